The molecule has 5 rings (SSSR count). The zero-order chi connectivity index (χ0) is 26.9. The van der Waals surface area contributed by atoms with E-state index in [1.54, 1.807) is 12.3 Å². The molecule has 2 heterocycles. The summed E-state index contributed by atoms with van der Waals surface area (Å²) in [6, 6.07) is 20.3. The maximum Gasteiger partial charge on any atom is 0.492 e. The van der Waals surface area contributed by atoms with E-state index in [2.05, 4.69) is 40.6 Å². The molecule has 0 unspecified atom stereocenters. The molecule has 1 N–H and O–H groups in total. The fraction of sp³-hybridized carbons (Fsp3) is 0.300. The van der Waals surface area contributed by atoms with Crippen molar-refractivity contribution in [2.75, 3.05) is 13.2 Å². The molecular weight excluding hydrogens is 477 g/mol. The van der Waals surface area contributed by atoms with Crippen molar-refractivity contribution in [3.63, 3.8) is 0 Å². The van der Waals surface area contributed by atoms with Crippen LogP contribution in [0, 0.1) is 11.3 Å². The predicted molar refractivity (Wildman–Crippen MR) is 146 cm³/mol. The highest BCUT2D eigenvalue weighted by Crippen LogP contribution is 2.44. The third-order valence-electron chi connectivity index (χ3n) is 7.58. The van der Waals surface area contributed by atoms with E-state index in [1.165, 1.54) is 17.3 Å². The van der Waals surface area contributed by atoms with Crippen LogP contribution in [0.4, 0.5) is 4.79 Å². The first kappa shape index (κ1) is 25.7. The minimum Gasteiger partial charge on any atom is -0.449 e. The molecule has 7 nitrogen and oxygen atoms in total. The number of carbonyl (C=O) groups excluding carboxylic acids is 1. The first-order valence-corrected chi connectivity index (χ1v) is 12.7. The number of nitrogens with one attached hydrogen (secondary N) is 1. The zero-order valence-electron chi connectivity index (χ0n) is 22.0. The molecule has 38 heavy (non-hydrogen) atoms. The van der Waals surface area contributed by atoms with Crippen LogP contribution in [0.1, 0.15) is 55.9 Å². The van der Waals surface area contributed by atoms with Gasteiger partial charge in [0.1, 0.15) is 12.7 Å². The number of alkyl carbamates (subject to hydrolysis) is 1. The highest BCUT2D eigenvalue weighted by molar-refractivity contribution is 6.56. The number of benzene rings is 2. The highest BCUT2D eigenvalue weighted by Gasteiger charge is 2.52. The molecule has 2 aliphatic rings. The molecule has 1 saturated heterocycles. The number of hydrogen-bond donors (Lipinski definition) is 1. The fourth-order valence-corrected chi connectivity index (χ4v) is 4.83. The third-order valence-corrected chi connectivity index (χ3v) is 7.58. The Morgan fingerprint density at radius 2 is 1.66 bits per heavy atom. The summed E-state index contributed by atoms with van der Waals surface area (Å²) < 4.78 is 18.2. The highest BCUT2D eigenvalue weighted by atomic mass is 16.7. The van der Waals surface area contributed by atoms with E-state index in [4.69, 9.17) is 14.0 Å². The second-order valence-corrected chi connectivity index (χ2v) is 10.6. The molecular formula is C30H30BN3O4. The summed E-state index contributed by atoms with van der Waals surface area (Å²) in [6.45, 7) is 8.26. The molecule has 0 saturated carbocycles. The molecule has 1 fully saturated rings. The van der Waals surface area contributed by atoms with Gasteiger partial charge in [-0.15, -0.1) is 0 Å². The van der Waals surface area contributed by atoms with Crippen molar-refractivity contribution in [2.45, 2.75) is 44.8 Å². The van der Waals surface area contributed by atoms with E-state index in [1.807, 2.05) is 58.0 Å². The van der Waals surface area contributed by atoms with Crippen molar-refractivity contribution in [3.05, 3.63) is 94.7 Å². The molecule has 0 atom stereocenters. The quantitative estimate of drug-likeness (QED) is 0.443. The van der Waals surface area contributed by atoms with Crippen molar-refractivity contribution < 1.29 is 18.8 Å². The monoisotopic (exact) mass is 507 g/mol. The Bertz CT molecular complexity index is 1380. The van der Waals surface area contributed by atoms with Gasteiger partial charge in [-0.2, -0.15) is 5.26 Å². The average Bonchev–Trinajstić information content (AvgIpc) is 3.34. The van der Waals surface area contributed by atoms with Crippen LogP contribution in [-0.2, 0) is 14.0 Å². The summed E-state index contributed by atoms with van der Waals surface area (Å²) in [5, 5.41) is 12.1. The maximum atomic E-state index is 12.9. The first-order valence-electron chi connectivity index (χ1n) is 12.7. The first-order chi connectivity index (χ1) is 18.2. The van der Waals surface area contributed by atoms with Crippen molar-refractivity contribution in [2.24, 2.45) is 0 Å². The van der Waals surface area contributed by atoms with Crippen LogP contribution < -0.4 is 5.32 Å². The van der Waals surface area contributed by atoms with Gasteiger partial charge in [0.2, 0.25) is 0 Å². The lowest BCUT2D eigenvalue weighted by molar-refractivity contribution is 0.00578. The number of nitriles is 1. The number of pyridine rings is 1. The van der Waals surface area contributed by atoms with Gasteiger partial charge in [0, 0.05) is 24.9 Å². The van der Waals surface area contributed by atoms with Crippen molar-refractivity contribution in [1.82, 2.24) is 10.3 Å². The second-order valence-electron chi connectivity index (χ2n) is 10.6. The number of ether oxygens (including phenoxy) is 1. The van der Waals surface area contributed by atoms with Crippen molar-refractivity contribution in [1.29, 1.82) is 5.26 Å². The molecule has 8 heteroatoms. The zero-order valence-corrected chi connectivity index (χ0v) is 22.0. The van der Waals surface area contributed by atoms with E-state index < -0.39 is 24.4 Å². The summed E-state index contributed by atoms with van der Waals surface area (Å²) >= 11 is 0. The molecule has 2 aromatic carbocycles. The van der Waals surface area contributed by atoms with Crippen LogP contribution in [0.3, 0.4) is 0 Å². The number of aromatic nitrogens is 1. The molecule has 1 aromatic heterocycles. The standard InChI is InChI=1S/C30H30BN3O4/c1-29(2)30(3,4)38-31(37-29)22(14-20-13-21(15-32)17-33-16-20)18-34-28(35)36-19-27-25-11-7-5-9-23(25)24-10-6-8-12-26(24)27/h5-14,16-17,27H,18-19H2,1-4H3,(H,34,35). The molecule has 1 aliphatic carbocycles. The summed E-state index contributed by atoms with van der Waals surface area (Å²) in [7, 11) is -0.681. The van der Waals surface area contributed by atoms with Gasteiger partial charge in [-0.05, 0) is 67.1 Å². The fourth-order valence-electron chi connectivity index (χ4n) is 4.83. The number of carbonyl (C=O) groups is 1. The third kappa shape index (κ3) is 4.95. The molecule has 1 amide bonds. The van der Waals surface area contributed by atoms with Crippen LogP contribution in [-0.4, -0.2) is 42.5 Å². The Morgan fingerprint density at radius 3 is 2.26 bits per heavy atom. The molecule has 0 bridgehead atoms. The van der Waals surface area contributed by atoms with Gasteiger partial charge in [-0.3, -0.25) is 4.98 Å². The molecule has 0 spiro atoms. The minimum absolute atomic E-state index is 0.0222. The number of nitrogens with zero attached hydrogens (tertiary/aromatic N) is 2. The Kier molecular flexibility index (Phi) is 6.83. The van der Waals surface area contributed by atoms with E-state index in [-0.39, 0.29) is 19.1 Å². The van der Waals surface area contributed by atoms with Crippen LogP contribution in [0.5, 0.6) is 0 Å². The van der Waals surface area contributed by atoms with E-state index >= 15 is 0 Å². The van der Waals surface area contributed by atoms with E-state index in [0.717, 1.165) is 11.1 Å². The largest absolute Gasteiger partial charge is 0.492 e. The van der Waals surface area contributed by atoms with Gasteiger partial charge in [0.25, 0.3) is 0 Å². The minimum atomic E-state index is -0.681. The molecule has 1 aliphatic heterocycles. The van der Waals surface area contributed by atoms with Gasteiger partial charge in [0.15, 0.2) is 0 Å². The van der Waals surface area contributed by atoms with E-state index in [0.29, 0.717) is 16.6 Å². The van der Waals surface area contributed by atoms with Gasteiger partial charge < -0.3 is 19.4 Å². The van der Waals surface area contributed by atoms with E-state index in [9.17, 15) is 10.1 Å². The number of amides is 1. The molecule has 0 radical (unpaired) electrons. The topological polar surface area (TPSA) is 93.5 Å². The van der Waals surface area contributed by atoms with Crippen LogP contribution in [0.15, 0.2) is 72.5 Å². The lowest BCUT2D eigenvalue weighted by atomic mass is 9.77. The Balaban J connectivity index is 1.30. The van der Waals surface area contributed by atoms with Crippen LogP contribution in [0.2, 0.25) is 0 Å². The Labute approximate surface area is 223 Å². The summed E-state index contributed by atoms with van der Waals surface area (Å²) in [5.74, 6) is -0.0222. The predicted octanol–water partition coefficient (Wildman–Crippen LogP) is 5.51. The van der Waals surface area contributed by atoms with Crippen LogP contribution in [0.25, 0.3) is 17.2 Å². The Hall–Kier alpha value is -3.93. The van der Waals surface area contributed by atoms with Gasteiger partial charge in [0.05, 0.1) is 16.8 Å². The summed E-state index contributed by atoms with van der Waals surface area (Å²) in [4.78, 5) is 17.0. The van der Waals surface area contributed by atoms with Crippen molar-refractivity contribution >= 4 is 19.3 Å². The smallest absolute Gasteiger partial charge is 0.449 e. The Morgan fingerprint density at radius 1 is 1.05 bits per heavy atom. The molecule has 3 aromatic rings. The number of rotatable bonds is 6. The van der Waals surface area contributed by atoms with Gasteiger partial charge in [-0.1, -0.05) is 54.6 Å². The lowest BCUT2D eigenvalue weighted by Gasteiger charge is -2.32. The normalized spacial score (nSPS) is 17.4. The number of hydrogen-bond acceptors (Lipinski definition) is 6. The lowest BCUT2D eigenvalue weighted by Crippen LogP contribution is -2.41. The van der Waals surface area contributed by atoms with Crippen LogP contribution >= 0.6 is 0 Å². The van der Waals surface area contributed by atoms with Gasteiger partial charge in [-0.25, -0.2) is 4.79 Å². The van der Waals surface area contributed by atoms with Gasteiger partial charge >= 0.3 is 13.2 Å². The summed E-state index contributed by atoms with van der Waals surface area (Å²) in [6.07, 6.45) is 4.46. The number of fused-ring (bicyclic) bond motifs is 3. The van der Waals surface area contributed by atoms with Crippen molar-refractivity contribution in [3.8, 4) is 17.2 Å². The maximum absolute atomic E-state index is 12.9. The SMILES string of the molecule is CC1(C)OB(C(=Cc2cncc(C#N)c2)CNC(=O)OCC2c3ccccc3-c3ccccc32)OC1(C)C. The molecule has 192 valence electrons. The average molecular weight is 507 g/mol. The summed E-state index contributed by atoms with van der Waals surface area (Å²) in [5.41, 5.74) is 5.41. The second kappa shape index (κ2) is 10.1.